The highest BCUT2D eigenvalue weighted by Crippen LogP contribution is 2.23. The number of hydrogen-bond donors (Lipinski definition) is 2. The molecule has 0 spiro atoms. The molecule has 0 aliphatic carbocycles. The Morgan fingerprint density at radius 3 is 2.40 bits per heavy atom. The van der Waals surface area contributed by atoms with Crippen LogP contribution in [-0.4, -0.2) is 57.7 Å². The Hall–Kier alpha value is -3.54. The van der Waals surface area contributed by atoms with E-state index in [2.05, 4.69) is 31.7 Å². The standard InChI is InChI=1S/C21H27N7O2/c1-14-16(7-5-15-6-8-17(22)24-13-15)18(26-19(23)25-14)27-9-11-28(12-10-27)20(29)30-21(2,3)4/h6,8,13H,9-12H2,1-4H3,(H2,22,24)(H2,23,25,26). The summed E-state index contributed by atoms with van der Waals surface area (Å²) in [6, 6.07) is 3.51. The van der Waals surface area contributed by atoms with Crippen molar-refractivity contribution in [1.29, 1.82) is 0 Å². The number of carbonyl (C=O) groups excluding carboxylic acids is 1. The van der Waals surface area contributed by atoms with Crippen molar-refractivity contribution >= 4 is 23.7 Å². The summed E-state index contributed by atoms with van der Waals surface area (Å²) in [6.07, 6.45) is 1.31. The predicted octanol–water partition coefficient (Wildman–Crippen LogP) is 1.80. The molecular formula is C21H27N7O2. The number of aromatic nitrogens is 3. The first-order valence-corrected chi connectivity index (χ1v) is 9.73. The molecule has 4 N–H and O–H groups in total. The molecule has 2 aromatic heterocycles. The van der Waals surface area contributed by atoms with E-state index in [-0.39, 0.29) is 12.0 Å². The molecular weight excluding hydrogens is 382 g/mol. The van der Waals surface area contributed by atoms with Gasteiger partial charge in [-0.15, -0.1) is 0 Å². The zero-order chi connectivity index (χ0) is 21.9. The minimum absolute atomic E-state index is 0.191. The molecule has 0 aromatic carbocycles. The van der Waals surface area contributed by atoms with Gasteiger partial charge in [0.2, 0.25) is 5.95 Å². The molecule has 0 atom stereocenters. The number of carbonyl (C=O) groups is 1. The maximum atomic E-state index is 12.3. The van der Waals surface area contributed by atoms with Crippen LogP contribution in [0.3, 0.4) is 0 Å². The van der Waals surface area contributed by atoms with Gasteiger partial charge in [0.05, 0.1) is 11.3 Å². The van der Waals surface area contributed by atoms with Crippen molar-refractivity contribution in [3.05, 3.63) is 35.2 Å². The summed E-state index contributed by atoms with van der Waals surface area (Å²) in [7, 11) is 0. The van der Waals surface area contributed by atoms with Crippen molar-refractivity contribution in [2.24, 2.45) is 0 Å². The van der Waals surface area contributed by atoms with Crippen molar-refractivity contribution in [1.82, 2.24) is 19.9 Å². The number of nitrogen functional groups attached to an aromatic ring is 2. The number of anilines is 3. The van der Waals surface area contributed by atoms with Crippen LogP contribution in [-0.2, 0) is 4.74 Å². The van der Waals surface area contributed by atoms with Gasteiger partial charge < -0.3 is 26.0 Å². The monoisotopic (exact) mass is 409 g/mol. The van der Waals surface area contributed by atoms with E-state index in [4.69, 9.17) is 16.2 Å². The highest BCUT2D eigenvalue weighted by Gasteiger charge is 2.27. The van der Waals surface area contributed by atoms with E-state index < -0.39 is 5.60 Å². The first-order valence-electron chi connectivity index (χ1n) is 9.73. The van der Waals surface area contributed by atoms with Gasteiger partial charge in [-0.25, -0.2) is 14.8 Å². The van der Waals surface area contributed by atoms with Gasteiger partial charge in [0, 0.05) is 37.9 Å². The van der Waals surface area contributed by atoms with Crippen molar-refractivity contribution < 1.29 is 9.53 Å². The molecule has 0 unspecified atom stereocenters. The van der Waals surface area contributed by atoms with Crippen LogP contribution in [0.25, 0.3) is 0 Å². The van der Waals surface area contributed by atoms with E-state index in [0.717, 1.165) is 5.56 Å². The SMILES string of the molecule is Cc1nc(N)nc(N2CCN(C(=O)OC(C)(C)C)CC2)c1C#Cc1ccc(N)nc1. The van der Waals surface area contributed by atoms with Crippen LogP contribution < -0.4 is 16.4 Å². The van der Waals surface area contributed by atoms with Crippen LogP contribution in [0.15, 0.2) is 18.3 Å². The average Bonchev–Trinajstić information content (AvgIpc) is 2.67. The lowest BCUT2D eigenvalue weighted by molar-refractivity contribution is 0.0240. The molecule has 1 fully saturated rings. The summed E-state index contributed by atoms with van der Waals surface area (Å²) in [6.45, 7) is 9.64. The van der Waals surface area contributed by atoms with E-state index in [0.29, 0.717) is 49.1 Å². The van der Waals surface area contributed by atoms with Gasteiger partial charge in [0.15, 0.2) is 0 Å². The first kappa shape index (κ1) is 21.2. The summed E-state index contributed by atoms with van der Waals surface area (Å²) in [5.74, 6) is 7.53. The normalized spacial score (nSPS) is 14.1. The summed E-state index contributed by atoms with van der Waals surface area (Å²) in [5, 5.41) is 0. The molecule has 9 heteroatoms. The van der Waals surface area contributed by atoms with Gasteiger partial charge in [-0.2, -0.15) is 4.98 Å². The maximum absolute atomic E-state index is 12.3. The Morgan fingerprint density at radius 2 is 1.80 bits per heavy atom. The van der Waals surface area contributed by atoms with E-state index in [1.165, 1.54) is 0 Å². The Balaban J connectivity index is 1.80. The topological polar surface area (TPSA) is 123 Å². The van der Waals surface area contributed by atoms with Crippen molar-refractivity contribution in [2.75, 3.05) is 42.5 Å². The average molecular weight is 409 g/mol. The summed E-state index contributed by atoms with van der Waals surface area (Å²) in [5.41, 5.74) is 13.1. The summed E-state index contributed by atoms with van der Waals surface area (Å²) in [4.78, 5) is 28.8. The molecule has 1 aliphatic rings. The number of aryl methyl sites for hydroxylation is 1. The predicted molar refractivity (Wildman–Crippen MR) is 116 cm³/mol. The molecule has 1 aliphatic heterocycles. The number of piperazine rings is 1. The lowest BCUT2D eigenvalue weighted by atomic mass is 10.1. The largest absolute Gasteiger partial charge is 0.444 e. The molecule has 3 heterocycles. The minimum atomic E-state index is -0.522. The molecule has 1 saturated heterocycles. The van der Waals surface area contributed by atoms with Crippen LogP contribution in [0.4, 0.5) is 22.4 Å². The van der Waals surface area contributed by atoms with Crippen LogP contribution in [0.5, 0.6) is 0 Å². The Labute approximate surface area is 176 Å². The van der Waals surface area contributed by atoms with Gasteiger partial charge in [-0.05, 0) is 39.8 Å². The van der Waals surface area contributed by atoms with Crippen LogP contribution in [0.2, 0.25) is 0 Å². The highest BCUT2D eigenvalue weighted by atomic mass is 16.6. The van der Waals surface area contributed by atoms with E-state index in [1.807, 2.05) is 33.8 Å². The number of hydrogen-bond acceptors (Lipinski definition) is 8. The quantitative estimate of drug-likeness (QED) is 0.684. The molecule has 2 aromatic rings. The Morgan fingerprint density at radius 1 is 1.10 bits per heavy atom. The third-order valence-corrected chi connectivity index (χ3v) is 4.44. The van der Waals surface area contributed by atoms with E-state index >= 15 is 0 Å². The number of pyridine rings is 1. The molecule has 9 nitrogen and oxygen atoms in total. The molecule has 3 rings (SSSR count). The number of rotatable bonds is 1. The smallest absolute Gasteiger partial charge is 0.410 e. The molecule has 0 radical (unpaired) electrons. The van der Waals surface area contributed by atoms with Crippen molar-refractivity contribution in [3.63, 3.8) is 0 Å². The minimum Gasteiger partial charge on any atom is -0.444 e. The van der Waals surface area contributed by atoms with E-state index in [9.17, 15) is 4.79 Å². The number of nitrogens with zero attached hydrogens (tertiary/aromatic N) is 5. The Bertz CT molecular complexity index is 979. The van der Waals surface area contributed by atoms with Crippen LogP contribution >= 0.6 is 0 Å². The van der Waals surface area contributed by atoms with Crippen molar-refractivity contribution in [2.45, 2.75) is 33.3 Å². The molecule has 30 heavy (non-hydrogen) atoms. The fourth-order valence-electron chi connectivity index (χ4n) is 3.00. The number of amides is 1. The lowest BCUT2D eigenvalue weighted by Crippen LogP contribution is -2.50. The van der Waals surface area contributed by atoms with E-state index in [1.54, 1.807) is 17.2 Å². The second-order valence-electron chi connectivity index (χ2n) is 8.04. The molecule has 0 bridgehead atoms. The summed E-state index contributed by atoms with van der Waals surface area (Å²) < 4.78 is 5.46. The third-order valence-electron chi connectivity index (χ3n) is 4.44. The molecule has 158 valence electrons. The van der Waals surface area contributed by atoms with Gasteiger partial charge in [-0.3, -0.25) is 0 Å². The fourth-order valence-corrected chi connectivity index (χ4v) is 3.00. The molecule has 1 amide bonds. The summed E-state index contributed by atoms with van der Waals surface area (Å²) >= 11 is 0. The number of ether oxygens (including phenoxy) is 1. The second kappa shape index (κ2) is 8.45. The van der Waals surface area contributed by atoms with Gasteiger partial charge in [0.1, 0.15) is 17.2 Å². The zero-order valence-corrected chi connectivity index (χ0v) is 17.8. The fraction of sp³-hybridized carbons (Fsp3) is 0.429. The maximum Gasteiger partial charge on any atom is 0.410 e. The van der Waals surface area contributed by atoms with Gasteiger partial charge >= 0.3 is 6.09 Å². The first-order chi connectivity index (χ1) is 14.1. The Kier molecular flexibility index (Phi) is 5.96. The van der Waals surface area contributed by atoms with Gasteiger partial charge in [-0.1, -0.05) is 11.8 Å². The highest BCUT2D eigenvalue weighted by molar-refractivity contribution is 5.69. The van der Waals surface area contributed by atoms with Crippen LogP contribution in [0.1, 0.15) is 37.6 Å². The lowest BCUT2D eigenvalue weighted by Gasteiger charge is -2.36. The zero-order valence-electron chi connectivity index (χ0n) is 17.8. The number of nitrogens with two attached hydrogens (primary N) is 2. The van der Waals surface area contributed by atoms with Crippen LogP contribution in [0, 0.1) is 18.8 Å². The van der Waals surface area contributed by atoms with Gasteiger partial charge in [0.25, 0.3) is 0 Å². The second-order valence-corrected chi connectivity index (χ2v) is 8.04. The van der Waals surface area contributed by atoms with Crippen molar-refractivity contribution in [3.8, 4) is 11.8 Å². The molecule has 0 saturated carbocycles. The third kappa shape index (κ3) is 5.29.